The van der Waals surface area contributed by atoms with Gasteiger partial charge in [0, 0.05) is 6.54 Å². The summed E-state index contributed by atoms with van der Waals surface area (Å²) in [4.78, 5) is 0. The minimum Gasteiger partial charge on any atom is -0.326 e. The summed E-state index contributed by atoms with van der Waals surface area (Å²) in [5.74, 6) is -1.44. The molecule has 1 atom stereocenters. The first-order chi connectivity index (χ1) is 6.84. The Bertz CT molecular complexity index is 344. The summed E-state index contributed by atoms with van der Waals surface area (Å²) in [6.07, 6.45) is -4.19. The number of aryl methyl sites for hydroxylation is 1. The summed E-state index contributed by atoms with van der Waals surface area (Å²) < 4.78 is 37.4. The SMILES string of the molecule is Cc1cc(CN)cc(C(C)C(F)(F)F)c1. The van der Waals surface area contributed by atoms with Crippen LogP contribution in [0.2, 0.25) is 0 Å². The van der Waals surface area contributed by atoms with Crippen LogP contribution in [-0.2, 0) is 6.54 Å². The summed E-state index contributed by atoms with van der Waals surface area (Å²) in [6.45, 7) is 3.19. The van der Waals surface area contributed by atoms with E-state index in [0.29, 0.717) is 0 Å². The molecule has 0 amide bonds. The number of benzene rings is 1. The fourth-order valence-corrected chi connectivity index (χ4v) is 1.45. The fraction of sp³-hybridized carbons (Fsp3) is 0.455. The number of alkyl halides is 3. The van der Waals surface area contributed by atoms with Crippen LogP contribution in [0.1, 0.15) is 29.5 Å². The maximum Gasteiger partial charge on any atom is 0.395 e. The van der Waals surface area contributed by atoms with E-state index in [-0.39, 0.29) is 12.1 Å². The molecule has 0 radical (unpaired) electrons. The van der Waals surface area contributed by atoms with Crippen molar-refractivity contribution in [2.24, 2.45) is 5.73 Å². The molecule has 0 heterocycles. The predicted octanol–water partition coefficient (Wildman–Crippen LogP) is 3.12. The van der Waals surface area contributed by atoms with Crippen LogP contribution in [0, 0.1) is 6.92 Å². The number of hydrogen-bond acceptors (Lipinski definition) is 1. The van der Waals surface area contributed by atoms with Crippen molar-refractivity contribution < 1.29 is 13.2 Å². The van der Waals surface area contributed by atoms with Gasteiger partial charge < -0.3 is 5.73 Å². The Kier molecular flexibility index (Phi) is 3.39. The van der Waals surface area contributed by atoms with E-state index < -0.39 is 12.1 Å². The maximum absolute atomic E-state index is 12.5. The second kappa shape index (κ2) is 4.23. The molecule has 0 aromatic heterocycles. The van der Waals surface area contributed by atoms with Crippen LogP contribution in [0.4, 0.5) is 13.2 Å². The number of rotatable bonds is 2. The van der Waals surface area contributed by atoms with Crippen molar-refractivity contribution in [1.29, 1.82) is 0 Å². The Morgan fingerprint density at radius 1 is 1.27 bits per heavy atom. The van der Waals surface area contributed by atoms with Crippen LogP contribution in [0.5, 0.6) is 0 Å². The highest BCUT2D eigenvalue weighted by Crippen LogP contribution is 2.34. The first kappa shape index (κ1) is 12.0. The molecule has 1 unspecified atom stereocenters. The molecule has 0 aliphatic heterocycles. The lowest BCUT2D eigenvalue weighted by atomic mass is 9.96. The van der Waals surface area contributed by atoms with Gasteiger partial charge in [0.05, 0.1) is 5.92 Å². The topological polar surface area (TPSA) is 26.0 Å². The van der Waals surface area contributed by atoms with Crippen LogP contribution in [0.15, 0.2) is 18.2 Å². The number of hydrogen-bond donors (Lipinski definition) is 1. The first-order valence-corrected chi connectivity index (χ1v) is 4.72. The van der Waals surface area contributed by atoms with Crippen molar-refractivity contribution in [2.45, 2.75) is 32.5 Å². The molecule has 0 bridgehead atoms. The minimum absolute atomic E-state index is 0.263. The third-order valence-corrected chi connectivity index (χ3v) is 2.39. The molecular formula is C11H14F3N. The monoisotopic (exact) mass is 217 g/mol. The molecule has 0 fully saturated rings. The smallest absolute Gasteiger partial charge is 0.326 e. The molecule has 15 heavy (non-hydrogen) atoms. The van der Waals surface area contributed by atoms with Crippen molar-refractivity contribution in [3.63, 3.8) is 0 Å². The zero-order valence-corrected chi connectivity index (χ0v) is 8.73. The van der Waals surface area contributed by atoms with Crippen molar-refractivity contribution in [3.8, 4) is 0 Å². The van der Waals surface area contributed by atoms with Gasteiger partial charge in [0.15, 0.2) is 0 Å². The van der Waals surface area contributed by atoms with Gasteiger partial charge in [-0.2, -0.15) is 13.2 Å². The van der Waals surface area contributed by atoms with E-state index in [9.17, 15) is 13.2 Å². The Morgan fingerprint density at radius 3 is 2.33 bits per heavy atom. The van der Waals surface area contributed by atoms with Crippen LogP contribution in [0.3, 0.4) is 0 Å². The van der Waals surface area contributed by atoms with Gasteiger partial charge in [0.1, 0.15) is 0 Å². The average molecular weight is 217 g/mol. The highest BCUT2D eigenvalue weighted by molar-refractivity contribution is 5.32. The van der Waals surface area contributed by atoms with Crippen molar-refractivity contribution in [1.82, 2.24) is 0 Å². The van der Waals surface area contributed by atoms with E-state index >= 15 is 0 Å². The molecule has 1 rings (SSSR count). The zero-order chi connectivity index (χ0) is 11.6. The van der Waals surface area contributed by atoms with Gasteiger partial charge in [0.25, 0.3) is 0 Å². The molecule has 2 N–H and O–H groups in total. The summed E-state index contributed by atoms with van der Waals surface area (Å²) in [6, 6.07) is 4.87. The molecule has 0 saturated carbocycles. The molecule has 0 aliphatic carbocycles. The van der Waals surface area contributed by atoms with E-state index in [1.165, 1.54) is 6.07 Å². The third kappa shape index (κ3) is 2.96. The zero-order valence-electron chi connectivity index (χ0n) is 8.73. The van der Waals surface area contributed by atoms with Crippen LogP contribution in [-0.4, -0.2) is 6.18 Å². The van der Waals surface area contributed by atoms with Crippen molar-refractivity contribution in [3.05, 3.63) is 34.9 Å². The molecule has 4 heteroatoms. The van der Waals surface area contributed by atoms with Crippen LogP contribution < -0.4 is 5.73 Å². The van der Waals surface area contributed by atoms with E-state index in [4.69, 9.17) is 5.73 Å². The maximum atomic E-state index is 12.5. The van der Waals surface area contributed by atoms with Crippen LogP contribution in [0.25, 0.3) is 0 Å². The van der Waals surface area contributed by atoms with E-state index in [2.05, 4.69) is 0 Å². The number of nitrogens with two attached hydrogens (primary N) is 1. The molecule has 0 spiro atoms. The Labute approximate surface area is 87.1 Å². The second-order valence-electron chi connectivity index (χ2n) is 3.72. The second-order valence-corrected chi connectivity index (χ2v) is 3.72. The lowest BCUT2D eigenvalue weighted by Crippen LogP contribution is -2.18. The van der Waals surface area contributed by atoms with Gasteiger partial charge in [-0.05, 0) is 25.0 Å². The summed E-state index contributed by atoms with van der Waals surface area (Å²) in [5.41, 5.74) is 7.24. The molecule has 1 aromatic carbocycles. The fourth-order valence-electron chi connectivity index (χ4n) is 1.45. The molecule has 0 saturated heterocycles. The lowest BCUT2D eigenvalue weighted by molar-refractivity contribution is -0.146. The highest BCUT2D eigenvalue weighted by atomic mass is 19.4. The molecule has 84 valence electrons. The van der Waals surface area contributed by atoms with E-state index in [0.717, 1.165) is 18.1 Å². The third-order valence-electron chi connectivity index (χ3n) is 2.39. The number of halogens is 3. The minimum atomic E-state index is -4.19. The molecule has 1 aromatic rings. The highest BCUT2D eigenvalue weighted by Gasteiger charge is 2.37. The van der Waals surface area contributed by atoms with Gasteiger partial charge in [-0.1, -0.05) is 23.8 Å². The Morgan fingerprint density at radius 2 is 1.87 bits per heavy atom. The van der Waals surface area contributed by atoms with Crippen LogP contribution >= 0.6 is 0 Å². The average Bonchev–Trinajstić information content (AvgIpc) is 2.14. The lowest BCUT2D eigenvalue weighted by Gasteiger charge is -2.17. The van der Waals surface area contributed by atoms with E-state index in [1.807, 2.05) is 0 Å². The summed E-state index contributed by atoms with van der Waals surface area (Å²) in [7, 11) is 0. The standard InChI is InChI=1S/C11H14F3N/c1-7-3-9(6-15)5-10(4-7)8(2)11(12,13)14/h3-5,8H,6,15H2,1-2H3. The van der Waals surface area contributed by atoms with Gasteiger partial charge >= 0.3 is 6.18 Å². The Hall–Kier alpha value is -1.03. The van der Waals surface area contributed by atoms with Gasteiger partial charge in [-0.15, -0.1) is 0 Å². The quantitative estimate of drug-likeness (QED) is 0.809. The largest absolute Gasteiger partial charge is 0.395 e. The molecular weight excluding hydrogens is 203 g/mol. The van der Waals surface area contributed by atoms with E-state index in [1.54, 1.807) is 19.1 Å². The first-order valence-electron chi connectivity index (χ1n) is 4.72. The predicted molar refractivity (Wildman–Crippen MR) is 53.5 cm³/mol. The van der Waals surface area contributed by atoms with Crippen molar-refractivity contribution >= 4 is 0 Å². The summed E-state index contributed by atoms with van der Waals surface area (Å²) >= 11 is 0. The molecule has 1 nitrogen and oxygen atoms in total. The van der Waals surface area contributed by atoms with Gasteiger partial charge in [0.2, 0.25) is 0 Å². The summed E-state index contributed by atoms with van der Waals surface area (Å²) in [5, 5.41) is 0. The molecule has 0 aliphatic rings. The van der Waals surface area contributed by atoms with Crippen molar-refractivity contribution in [2.75, 3.05) is 0 Å². The van der Waals surface area contributed by atoms with Gasteiger partial charge in [-0.3, -0.25) is 0 Å². The van der Waals surface area contributed by atoms with Gasteiger partial charge in [-0.25, -0.2) is 0 Å². The normalized spacial score (nSPS) is 14.0. The Balaban J connectivity index is 3.09.